The Balaban J connectivity index is 1.52. The smallest absolute Gasteiger partial charge is 0.326 e. The van der Waals surface area contributed by atoms with Crippen molar-refractivity contribution in [3.63, 3.8) is 0 Å². The highest BCUT2D eigenvalue weighted by Crippen LogP contribution is 2.31. The van der Waals surface area contributed by atoms with Crippen LogP contribution in [0.2, 0.25) is 0 Å². The molecule has 0 aromatic heterocycles. The van der Waals surface area contributed by atoms with E-state index in [0.29, 0.717) is 0 Å². The van der Waals surface area contributed by atoms with Crippen molar-refractivity contribution in [1.82, 2.24) is 5.32 Å². The number of amides is 2. The van der Waals surface area contributed by atoms with Crippen molar-refractivity contribution >= 4 is 46.7 Å². The van der Waals surface area contributed by atoms with Crippen LogP contribution < -0.4 is 10.6 Å². The summed E-state index contributed by atoms with van der Waals surface area (Å²) in [6.45, 7) is 0. The molecule has 2 amide bonds. The number of nitrogens with zero attached hydrogens (tertiary/aromatic N) is 2. The lowest BCUT2D eigenvalue weighted by Crippen LogP contribution is -2.28. The summed E-state index contributed by atoms with van der Waals surface area (Å²) in [6.07, 6.45) is 0.264. The highest BCUT2D eigenvalue weighted by atomic mass is 32.2. The Morgan fingerprint density at radius 1 is 1.16 bits per heavy atom. The quantitative estimate of drug-likeness (QED) is 0.512. The zero-order chi connectivity index (χ0) is 22.3. The van der Waals surface area contributed by atoms with Gasteiger partial charge in [0.1, 0.15) is 5.25 Å². The Hall–Kier alpha value is -3.40. The lowest BCUT2D eigenvalue weighted by molar-refractivity contribution is -0.137. The van der Waals surface area contributed by atoms with Gasteiger partial charge in [-0.1, -0.05) is 54.2 Å². The number of halogens is 3. The molecule has 1 fully saturated rings. The van der Waals surface area contributed by atoms with Crippen LogP contribution in [0.1, 0.15) is 17.5 Å². The van der Waals surface area contributed by atoms with Crippen LogP contribution in [0.4, 0.5) is 18.9 Å². The summed E-state index contributed by atoms with van der Waals surface area (Å²) >= 11 is 1.03. The van der Waals surface area contributed by atoms with Crippen LogP contribution in [-0.2, 0) is 15.8 Å². The van der Waals surface area contributed by atoms with Gasteiger partial charge in [-0.3, -0.25) is 9.59 Å². The molecule has 0 saturated carbocycles. The predicted molar refractivity (Wildman–Crippen MR) is 116 cm³/mol. The standard InChI is InChI=1S/C21H17F3N4O2S/c22-21(23,24)15-9-4-10-16(12-15)26-18(29)13-17-19(30)27-20(31-17)28-25-11-5-8-14-6-2-1-3-7-14/h1-12,17H,13H2,(H,26,29)(H,27,28,30). The van der Waals surface area contributed by atoms with Crippen molar-refractivity contribution in [3.05, 3.63) is 71.8 Å². The summed E-state index contributed by atoms with van der Waals surface area (Å²) < 4.78 is 38.3. The number of alkyl halides is 3. The Bertz CT molecular complexity index is 1040. The van der Waals surface area contributed by atoms with Crippen molar-refractivity contribution in [1.29, 1.82) is 0 Å². The Kier molecular flexibility index (Phi) is 7.24. The van der Waals surface area contributed by atoms with E-state index in [-0.39, 0.29) is 17.3 Å². The van der Waals surface area contributed by atoms with Crippen LogP contribution in [0.3, 0.4) is 0 Å². The molecular weight excluding hydrogens is 429 g/mol. The van der Waals surface area contributed by atoms with Crippen molar-refractivity contribution in [2.75, 3.05) is 5.32 Å². The zero-order valence-corrected chi connectivity index (χ0v) is 16.8. The second-order valence-electron chi connectivity index (χ2n) is 6.37. The number of carbonyl (C=O) groups is 2. The molecule has 1 aliphatic rings. The number of carbonyl (C=O) groups excluding carboxylic acids is 2. The van der Waals surface area contributed by atoms with Gasteiger partial charge < -0.3 is 10.6 Å². The van der Waals surface area contributed by atoms with Crippen LogP contribution in [0.25, 0.3) is 6.08 Å². The van der Waals surface area contributed by atoms with Crippen LogP contribution in [-0.4, -0.2) is 28.4 Å². The maximum atomic E-state index is 12.8. The molecule has 1 saturated heterocycles. The van der Waals surface area contributed by atoms with Crippen molar-refractivity contribution in [2.24, 2.45) is 10.2 Å². The lowest BCUT2D eigenvalue weighted by atomic mass is 10.2. The Morgan fingerprint density at radius 3 is 2.68 bits per heavy atom. The number of hydrogen-bond acceptors (Lipinski definition) is 5. The minimum atomic E-state index is -4.51. The van der Waals surface area contributed by atoms with E-state index in [2.05, 4.69) is 20.8 Å². The molecular formula is C21H17F3N4O2S. The van der Waals surface area contributed by atoms with E-state index in [1.54, 1.807) is 6.08 Å². The Labute approximate surface area is 180 Å². The third-order valence-electron chi connectivity index (χ3n) is 4.01. The van der Waals surface area contributed by atoms with Crippen LogP contribution in [0, 0.1) is 0 Å². The summed E-state index contributed by atoms with van der Waals surface area (Å²) in [5.41, 5.74) is 0.135. The van der Waals surface area contributed by atoms with Crippen LogP contribution in [0.5, 0.6) is 0 Å². The summed E-state index contributed by atoms with van der Waals surface area (Å²) in [4.78, 5) is 24.2. The van der Waals surface area contributed by atoms with E-state index in [1.165, 1.54) is 18.3 Å². The normalized spacial score (nSPS) is 18.1. The summed E-state index contributed by atoms with van der Waals surface area (Å²) in [7, 11) is 0. The molecule has 0 radical (unpaired) electrons. The van der Waals surface area contributed by atoms with Crippen LogP contribution >= 0.6 is 11.8 Å². The number of anilines is 1. The molecule has 2 N–H and O–H groups in total. The first-order chi connectivity index (χ1) is 14.8. The summed E-state index contributed by atoms with van der Waals surface area (Å²) in [5, 5.41) is 12.1. The third-order valence-corrected chi connectivity index (χ3v) is 5.08. The minimum Gasteiger partial charge on any atom is -0.326 e. The number of amidine groups is 1. The molecule has 1 unspecified atom stereocenters. The fraction of sp³-hybridized carbons (Fsp3) is 0.143. The van der Waals surface area contributed by atoms with E-state index in [9.17, 15) is 22.8 Å². The highest BCUT2D eigenvalue weighted by molar-refractivity contribution is 8.15. The molecule has 0 spiro atoms. The molecule has 6 nitrogen and oxygen atoms in total. The van der Waals surface area contributed by atoms with Crippen molar-refractivity contribution < 1.29 is 22.8 Å². The topological polar surface area (TPSA) is 82.9 Å². The van der Waals surface area contributed by atoms with Gasteiger partial charge in [0, 0.05) is 18.3 Å². The minimum absolute atomic E-state index is 0.00641. The first-order valence-corrected chi connectivity index (χ1v) is 9.96. The fourth-order valence-corrected chi connectivity index (χ4v) is 3.51. The number of hydrogen-bond donors (Lipinski definition) is 2. The first-order valence-electron chi connectivity index (χ1n) is 9.08. The molecule has 1 atom stereocenters. The molecule has 10 heteroatoms. The number of allylic oxidation sites excluding steroid dienone is 1. The highest BCUT2D eigenvalue weighted by Gasteiger charge is 2.33. The van der Waals surface area contributed by atoms with Crippen LogP contribution in [0.15, 0.2) is 70.9 Å². The van der Waals surface area contributed by atoms with Gasteiger partial charge in [0.15, 0.2) is 5.17 Å². The van der Waals surface area contributed by atoms with Gasteiger partial charge in [0.2, 0.25) is 11.8 Å². The molecule has 2 aromatic carbocycles. The maximum Gasteiger partial charge on any atom is 0.416 e. The van der Waals surface area contributed by atoms with Crippen molar-refractivity contribution in [2.45, 2.75) is 17.8 Å². The fourth-order valence-electron chi connectivity index (χ4n) is 2.58. The Morgan fingerprint density at radius 2 is 1.94 bits per heavy atom. The molecule has 1 heterocycles. The average molecular weight is 446 g/mol. The van der Waals surface area contributed by atoms with E-state index < -0.39 is 28.8 Å². The summed E-state index contributed by atoms with van der Waals surface area (Å²) in [5.74, 6) is -1.000. The SMILES string of the molecule is O=C(CC1SC(=NN=CC=Cc2ccccc2)NC1=O)Nc1cccc(C(F)(F)F)c1. The van der Waals surface area contributed by atoms with Gasteiger partial charge in [0.25, 0.3) is 0 Å². The lowest BCUT2D eigenvalue weighted by Gasteiger charge is -2.10. The molecule has 1 aliphatic heterocycles. The van der Waals surface area contributed by atoms with E-state index in [1.807, 2.05) is 36.4 Å². The van der Waals surface area contributed by atoms with Gasteiger partial charge >= 0.3 is 6.18 Å². The van der Waals surface area contributed by atoms with E-state index in [0.717, 1.165) is 29.5 Å². The van der Waals surface area contributed by atoms with Gasteiger partial charge in [-0.05, 0) is 29.8 Å². The second kappa shape index (κ2) is 10.1. The van der Waals surface area contributed by atoms with Gasteiger partial charge in [-0.25, -0.2) is 0 Å². The monoisotopic (exact) mass is 446 g/mol. The molecule has 3 rings (SSSR count). The average Bonchev–Trinajstić information content (AvgIpc) is 3.07. The van der Waals surface area contributed by atoms with Gasteiger partial charge in [-0.2, -0.15) is 18.3 Å². The number of thioether (sulfide) groups is 1. The first kappa shape index (κ1) is 22.3. The number of benzene rings is 2. The zero-order valence-electron chi connectivity index (χ0n) is 16.0. The van der Waals surface area contributed by atoms with E-state index in [4.69, 9.17) is 0 Å². The molecule has 2 aromatic rings. The van der Waals surface area contributed by atoms with Crippen molar-refractivity contribution in [3.8, 4) is 0 Å². The number of nitrogens with one attached hydrogen (secondary N) is 2. The largest absolute Gasteiger partial charge is 0.416 e. The molecule has 31 heavy (non-hydrogen) atoms. The predicted octanol–water partition coefficient (Wildman–Crippen LogP) is 4.32. The molecule has 0 aliphatic carbocycles. The van der Waals surface area contributed by atoms with Gasteiger partial charge in [-0.15, -0.1) is 5.10 Å². The third kappa shape index (κ3) is 6.82. The second-order valence-corrected chi connectivity index (χ2v) is 7.56. The molecule has 0 bridgehead atoms. The van der Waals surface area contributed by atoms with Gasteiger partial charge in [0.05, 0.1) is 5.56 Å². The molecule has 160 valence electrons. The number of rotatable bonds is 6. The summed E-state index contributed by atoms with van der Waals surface area (Å²) in [6, 6.07) is 13.9. The maximum absolute atomic E-state index is 12.8. The van der Waals surface area contributed by atoms with E-state index >= 15 is 0 Å².